The normalized spacial score (nSPS) is 12.7. The molecule has 0 aliphatic rings. The lowest BCUT2D eigenvalue weighted by Gasteiger charge is -2.18. The zero-order valence-corrected chi connectivity index (χ0v) is 10.5. The Balaban J connectivity index is 2.62. The van der Waals surface area contributed by atoms with Crippen LogP contribution in [0.25, 0.3) is 0 Å². The topological polar surface area (TPSA) is 38.0 Å². The maximum absolute atomic E-state index is 5.50. The van der Waals surface area contributed by atoms with Gasteiger partial charge >= 0.3 is 0 Å². The highest BCUT2D eigenvalue weighted by atomic mass is 14.9. The Bertz CT molecular complexity index is 297. The Morgan fingerprint density at radius 2 is 2.12 bits per heavy atom. The van der Waals surface area contributed by atoms with E-state index >= 15 is 0 Å². The predicted molar refractivity (Wildman–Crippen MR) is 70.5 cm³/mol. The van der Waals surface area contributed by atoms with Gasteiger partial charge < -0.3 is 11.1 Å². The summed E-state index contributed by atoms with van der Waals surface area (Å²) >= 11 is 0. The van der Waals surface area contributed by atoms with E-state index in [1.165, 1.54) is 11.1 Å². The lowest BCUT2D eigenvalue weighted by molar-refractivity contribution is 0.512. The summed E-state index contributed by atoms with van der Waals surface area (Å²) in [6.07, 6.45) is 3.27. The molecule has 16 heavy (non-hydrogen) atoms. The van der Waals surface area contributed by atoms with Crippen molar-refractivity contribution in [1.29, 1.82) is 0 Å². The second-order valence-electron chi connectivity index (χ2n) is 4.16. The summed E-state index contributed by atoms with van der Waals surface area (Å²) in [5.74, 6) is 0. The molecule has 0 aliphatic carbocycles. The Morgan fingerprint density at radius 3 is 2.75 bits per heavy atom. The number of rotatable bonds is 7. The third-order valence-electron chi connectivity index (χ3n) is 2.94. The number of nitrogens with two attached hydrogens (primary N) is 1. The lowest BCUT2D eigenvalue weighted by atomic mass is 10.0. The van der Waals surface area contributed by atoms with Gasteiger partial charge in [0.15, 0.2) is 0 Å². The van der Waals surface area contributed by atoms with Crippen LogP contribution in [0.3, 0.4) is 0 Å². The maximum Gasteiger partial charge on any atom is 0.0317 e. The summed E-state index contributed by atoms with van der Waals surface area (Å²) in [6, 6.07) is 9.34. The fraction of sp³-hybridized carbons (Fsp3) is 0.571. The minimum absolute atomic E-state index is 0.470. The van der Waals surface area contributed by atoms with Gasteiger partial charge in [-0.2, -0.15) is 0 Å². The van der Waals surface area contributed by atoms with E-state index in [1.54, 1.807) is 0 Å². The lowest BCUT2D eigenvalue weighted by Crippen LogP contribution is -2.23. The van der Waals surface area contributed by atoms with Crippen LogP contribution in [0.1, 0.15) is 43.9 Å². The molecule has 0 heterocycles. The molecule has 0 fully saturated rings. The van der Waals surface area contributed by atoms with Crippen molar-refractivity contribution in [2.75, 3.05) is 13.1 Å². The summed E-state index contributed by atoms with van der Waals surface area (Å²) in [6.45, 7) is 6.18. The average Bonchev–Trinajstić information content (AvgIpc) is 2.35. The largest absolute Gasteiger partial charge is 0.330 e. The molecule has 0 saturated heterocycles. The van der Waals surface area contributed by atoms with Crippen LogP contribution in [0.2, 0.25) is 0 Å². The first-order valence-corrected chi connectivity index (χ1v) is 6.34. The van der Waals surface area contributed by atoms with Gasteiger partial charge in [0.2, 0.25) is 0 Å². The van der Waals surface area contributed by atoms with Crippen molar-refractivity contribution in [3.8, 4) is 0 Å². The molecule has 1 atom stereocenters. The maximum atomic E-state index is 5.50. The first kappa shape index (κ1) is 13.2. The van der Waals surface area contributed by atoms with Gasteiger partial charge in [0.05, 0.1) is 0 Å². The van der Waals surface area contributed by atoms with Gasteiger partial charge in [-0.05, 0) is 43.5 Å². The van der Waals surface area contributed by atoms with Crippen molar-refractivity contribution in [2.45, 2.75) is 39.2 Å². The number of hydrogen-bond acceptors (Lipinski definition) is 2. The monoisotopic (exact) mass is 220 g/mol. The van der Waals surface area contributed by atoms with Gasteiger partial charge in [-0.15, -0.1) is 0 Å². The highest BCUT2D eigenvalue weighted by Gasteiger charge is 2.07. The number of nitrogens with one attached hydrogen (secondary N) is 1. The first-order valence-electron chi connectivity index (χ1n) is 6.34. The Hall–Kier alpha value is -0.860. The van der Waals surface area contributed by atoms with Crippen LogP contribution in [-0.2, 0) is 6.42 Å². The molecule has 0 radical (unpaired) electrons. The summed E-state index contributed by atoms with van der Waals surface area (Å²) in [7, 11) is 0. The highest BCUT2D eigenvalue weighted by Crippen LogP contribution is 2.18. The summed E-state index contributed by atoms with van der Waals surface area (Å²) in [5, 5.41) is 3.56. The molecule has 2 nitrogen and oxygen atoms in total. The van der Waals surface area contributed by atoms with E-state index < -0.39 is 0 Å². The van der Waals surface area contributed by atoms with Crippen LogP contribution < -0.4 is 11.1 Å². The highest BCUT2D eigenvalue weighted by molar-refractivity contribution is 5.26. The van der Waals surface area contributed by atoms with Gasteiger partial charge in [-0.25, -0.2) is 0 Å². The molecule has 1 aromatic rings. The van der Waals surface area contributed by atoms with Crippen molar-refractivity contribution in [1.82, 2.24) is 5.32 Å². The first-order chi connectivity index (χ1) is 7.81. The van der Waals surface area contributed by atoms with Gasteiger partial charge in [0.1, 0.15) is 0 Å². The van der Waals surface area contributed by atoms with E-state index in [0.717, 1.165) is 32.4 Å². The van der Waals surface area contributed by atoms with Crippen molar-refractivity contribution in [3.05, 3.63) is 35.4 Å². The van der Waals surface area contributed by atoms with Crippen LogP contribution in [0, 0.1) is 0 Å². The molecular weight excluding hydrogens is 196 g/mol. The second kappa shape index (κ2) is 7.42. The Kier molecular flexibility index (Phi) is 6.12. The second-order valence-corrected chi connectivity index (χ2v) is 4.16. The quantitative estimate of drug-likeness (QED) is 0.693. The molecule has 90 valence electrons. The molecule has 1 aromatic carbocycles. The molecule has 1 rings (SSSR count). The molecule has 0 saturated carbocycles. The van der Waals surface area contributed by atoms with Gasteiger partial charge in [0.25, 0.3) is 0 Å². The summed E-state index contributed by atoms with van der Waals surface area (Å²) in [4.78, 5) is 0. The molecule has 3 N–H and O–H groups in total. The zero-order valence-electron chi connectivity index (χ0n) is 10.5. The zero-order chi connectivity index (χ0) is 11.8. The van der Waals surface area contributed by atoms with Gasteiger partial charge in [0, 0.05) is 6.04 Å². The molecule has 0 aromatic heterocycles. The minimum atomic E-state index is 0.470. The SMILES string of the molecule is CCc1cccc(C(CC)NCCCN)c1. The van der Waals surface area contributed by atoms with Crippen molar-refractivity contribution >= 4 is 0 Å². The van der Waals surface area contributed by atoms with Gasteiger partial charge in [-0.3, -0.25) is 0 Å². The van der Waals surface area contributed by atoms with E-state index in [4.69, 9.17) is 5.73 Å². The Labute approximate surface area is 99.2 Å². The van der Waals surface area contributed by atoms with E-state index in [2.05, 4.69) is 43.4 Å². The van der Waals surface area contributed by atoms with E-state index in [0.29, 0.717) is 6.04 Å². The van der Waals surface area contributed by atoms with Crippen molar-refractivity contribution < 1.29 is 0 Å². The van der Waals surface area contributed by atoms with Crippen LogP contribution in [0.4, 0.5) is 0 Å². The van der Waals surface area contributed by atoms with Crippen LogP contribution in [0.5, 0.6) is 0 Å². The van der Waals surface area contributed by atoms with E-state index in [-0.39, 0.29) is 0 Å². The van der Waals surface area contributed by atoms with Gasteiger partial charge in [-0.1, -0.05) is 38.1 Å². The molecular formula is C14H24N2. The summed E-state index contributed by atoms with van der Waals surface area (Å²) in [5.41, 5.74) is 8.32. The third-order valence-corrected chi connectivity index (χ3v) is 2.94. The molecule has 2 heteroatoms. The molecule has 0 bridgehead atoms. The molecule has 0 aliphatic heterocycles. The molecule has 0 spiro atoms. The average molecular weight is 220 g/mol. The fourth-order valence-electron chi connectivity index (χ4n) is 1.91. The standard InChI is InChI=1S/C14H24N2/c1-3-12-7-5-8-13(11-12)14(4-2)16-10-6-9-15/h5,7-8,11,14,16H,3-4,6,9-10,15H2,1-2H3. The third kappa shape index (κ3) is 3.95. The molecule has 0 amide bonds. The van der Waals surface area contributed by atoms with Crippen LogP contribution >= 0.6 is 0 Å². The Morgan fingerprint density at radius 1 is 1.31 bits per heavy atom. The van der Waals surface area contributed by atoms with Crippen LogP contribution in [-0.4, -0.2) is 13.1 Å². The van der Waals surface area contributed by atoms with Crippen molar-refractivity contribution in [3.63, 3.8) is 0 Å². The van der Waals surface area contributed by atoms with Crippen molar-refractivity contribution in [2.24, 2.45) is 5.73 Å². The smallest absolute Gasteiger partial charge is 0.0317 e. The summed E-state index contributed by atoms with van der Waals surface area (Å²) < 4.78 is 0. The molecule has 1 unspecified atom stereocenters. The van der Waals surface area contributed by atoms with Crippen LogP contribution in [0.15, 0.2) is 24.3 Å². The fourth-order valence-corrected chi connectivity index (χ4v) is 1.91. The number of aryl methyl sites for hydroxylation is 1. The predicted octanol–water partition coefficient (Wildman–Crippen LogP) is 2.64. The number of benzene rings is 1. The van der Waals surface area contributed by atoms with E-state index in [9.17, 15) is 0 Å². The minimum Gasteiger partial charge on any atom is -0.330 e. The number of hydrogen-bond donors (Lipinski definition) is 2. The van der Waals surface area contributed by atoms with E-state index in [1.807, 2.05) is 0 Å².